The maximum absolute atomic E-state index is 11.2. The lowest BCUT2D eigenvalue weighted by molar-refractivity contribution is -0.132. The van der Waals surface area contributed by atoms with Gasteiger partial charge >= 0.3 is 11.9 Å². The fourth-order valence-electron chi connectivity index (χ4n) is 3.90. The Morgan fingerprint density at radius 1 is 0.641 bits per heavy atom. The molecule has 0 heterocycles. The number of benzene rings is 4. The number of hydrogen-bond acceptors (Lipinski definition) is 3. The summed E-state index contributed by atoms with van der Waals surface area (Å²) in [5.41, 5.74) is 4.26. The Bertz CT molecular complexity index is 1530. The summed E-state index contributed by atoms with van der Waals surface area (Å²) in [5, 5.41) is 19.2. The van der Waals surface area contributed by atoms with Crippen molar-refractivity contribution in [2.75, 3.05) is 0 Å². The highest BCUT2D eigenvalue weighted by atomic mass is 79.9. The van der Waals surface area contributed by atoms with Crippen LogP contribution in [-0.4, -0.2) is 22.2 Å². The first-order valence-corrected chi connectivity index (χ1v) is 14.5. The third kappa shape index (κ3) is 6.86. The van der Waals surface area contributed by atoms with Crippen molar-refractivity contribution in [2.45, 2.75) is 9.79 Å². The predicted molar refractivity (Wildman–Crippen MR) is 167 cm³/mol. The van der Waals surface area contributed by atoms with Gasteiger partial charge in [0.25, 0.3) is 0 Å². The Kier molecular flexibility index (Phi) is 9.75. The molecule has 39 heavy (non-hydrogen) atoms. The fraction of sp³-hybridized carbons (Fsp3) is 0. The summed E-state index contributed by atoms with van der Waals surface area (Å²) in [7, 11) is 0. The molecule has 0 bridgehead atoms. The van der Waals surface area contributed by atoms with Crippen molar-refractivity contribution in [3.63, 3.8) is 0 Å². The van der Waals surface area contributed by atoms with Gasteiger partial charge in [-0.25, -0.2) is 9.59 Å². The van der Waals surface area contributed by atoms with E-state index in [1.165, 1.54) is 23.9 Å². The third-order valence-electron chi connectivity index (χ3n) is 5.59. The van der Waals surface area contributed by atoms with Crippen molar-refractivity contribution in [1.29, 1.82) is 0 Å². The van der Waals surface area contributed by atoms with E-state index in [9.17, 15) is 19.8 Å². The monoisotopic (exact) mass is 702 g/mol. The molecular weight excluding hydrogens is 687 g/mol. The SMILES string of the molecule is O=C(O)/C=C/c1ccc(Sc2ccc(/C=C/C(=O)O)c(-c3ccccc3Br)c2Cl)c(Cl)c1-c1ccccc1Br. The number of carbonyl (C=O) groups is 2. The highest BCUT2D eigenvalue weighted by Crippen LogP contribution is 2.47. The van der Waals surface area contributed by atoms with Gasteiger partial charge in [-0.05, 0) is 58.7 Å². The van der Waals surface area contributed by atoms with Gasteiger partial charge in [-0.1, -0.05) is 115 Å². The van der Waals surface area contributed by atoms with Gasteiger partial charge in [-0.2, -0.15) is 0 Å². The molecule has 0 fully saturated rings. The van der Waals surface area contributed by atoms with Crippen LogP contribution in [0.2, 0.25) is 10.0 Å². The summed E-state index contributed by atoms with van der Waals surface area (Å²) in [6.07, 6.45) is 5.17. The largest absolute Gasteiger partial charge is 0.478 e. The number of aliphatic carboxylic acids is 2. The second-order valence-electron chi connectivity index (χ2n) is 8.09. The van der Waals surface area contributed by atoms with Gasteiger partial charge in [0, 0.05) is 42.0 Å². The molecule has 9 heteroatoms. The van der Waals surface area contributed by atoms with Crippen LogP contribution in [0.1, 0.15) is 11.1 Å². The molecule has 0 saturated heterocycles. The van der Waals surface area contributed by atoms with E-state index < -0.39 is 11.9 Å². The van der Waals surface area contributed by atoms with Gasteiger partial charge < -0.3 is 10.2 Å². The summed E-state index contributed by atoms with van der Waals surface area (Å²) < 4.78 is 1.62. The first-order chi connectivity index (χ1) is 18.7. The molecule has 0 spiro atoms. The van der Waals surface area contributed by atoms with Gasteiger partial charge in [0.05, 0.1) is 10.0 Å². The van der Waals surface area contributed by atoms with Gasteiger partial charge in [-0.3, -0.25) is 0 Å². The first-order valence-electron chi connectivity index (χ1n) is 11.3. The smallest absolute Gasteiger partial charge is 0.328 e. The normalized spacial score (nSPS) is 11.4. The summed E-state index contributed by atoms with van der Waals surface area (Å²) in [6, 6.07) is 22.4. The molecular formula is C30H18Br2Cl2O4S. The zero-order valence-corrected chi connectivity index (χ0v) is 25.4. The number of carboxylic acid groups (broad SMARTS) is 2. The summed E-state index contributed by atoms with van der Waals surface area (Å²) >= 11 is 22.5. The van der Waals surface area contributed by atoms with Crippen LogP contribution in [0.25, 0.3) is 34.4 Å². The number of halogens is 4. The molecule has 0 aromatic heterocycles. The number of hydrogen-bond donors (Lipinski definition) is 2. The minimum Gasteiger partial charge on any atom is -0.478 e. The lowest BCUT2D eigenvalue weighted by atomic mass is 9.99. The van der Waals surface area contributed by atoms with E-state index in [-0.39, 0.29) is 0 Å². The number of carboxylic acids is 2. The maximum Gasteiger partial charge on any atom is 0.328 e. The molecule has 4 aromatic rings. The molecule has 0 aliphatic carbocycles. The molecule has 0 amide bonds. The van der Waals surface area contributed by atoms with Crippen LogP contribution >= 0.6 is 66.8 Å². The maximum atomic E-state index is 11.2. The van der Waals surface area contributed by atoms with E-state index in [0.717, 1.165) is 32.2 Å². The minimum absolute atomic E-state index is 0.438. The van der Waals surface area contributed by atoms with Crippen LogP contribution in [0, 0.1) is 0 Å². The van der Waals surface area contributed by atoms with Crippen molar-refractivity contribution >= 4 is 90.9 Å². The zero-order chi connectivity index (χ0) is 28.1. The minimum atomic E-state index is -1.06. The predicted octanol–water partition coefficient (Wildman–Crippen LogP) is 10.2. The van der Waals surface area contributed by atoms with Crippen LogP contribution in [0.5, 0.6) is 0 Å². The number of rotatable bonds is 8. The molecule has 0 radical (unpaired) electrons. The molecule has 4 rings (SSSR count). The summed E-state index contributed by atoms with van der Waals surface area (Å²) in [5.74, 6) is -2.13. The molecule has 0 aliphatic rings. The van der Waals surface area contributed by atoms with Crippen LogP contribution in [0.15, 0.2) is 104 Å². The molecule has 0 unspecified atom stereocenters. The van der Waals surface area contributed by atoms with Crippen molar-refractivity contribution in [3.05, 3.63) is 115 Å². The van der Waals surface area contributed by atoms with E-state index >= 15 is 0 Å². The lowest BCUT2D eigenvalue weighted by Gasteiger charge is -2.17. The van der Waals surface area contributed by atoms with E-state index in [4.69, 9.17) is 23.2 Å². The van der Waals surface area contributed by atoms with Crippen LogP contribution < -0.4 is 0 Å². The first kappa shape index (κ1) is 29.2. The average Bonchev–Trinajstić information content (AvgIpc) is 2.90. The second kappa shape index (κ2) is 13.0. The summed E-state index contributed by atoms with van der Waals surface area (Å²) in [4.78, 5) is 23.9. The molecule has 0 saturated carbocycles. The molecule has 4 aromatic carbocycles. The highest BCUT2D eigenvalue weighted by Gasteiger charge is 2.19. The van der Waals surface area contributed by atoms with Crippen LogP contribution in [0.3, 0.4) is 0 Å². The Morgan fingerprint density at radius 3 is 1.38 bits per heavy atom. The van der Waals surface area contributed by atoms with E-state index in [0.29, 0.717) is 42.1 Å². The van der Waals surface area contributed by atoms with Crippen molar-refractivity contribution in [2.24, 2.45) is 0 Å². The van der Waals surface area contributed by atoms with Gasteiger partial charge in [0.2, 0.25) is 0 Å². The van der Waals surface area contributed by atoms with Gasteiger partial charge in [0.15, 0.2) is 0 Å². The third-order valence-corrected chi connectivity index (χ3v) is 9.11. The van der Waals surface area contributed by atoms with Crippen molar-refractivity contribution in [1.82, 2.24) is 0 Å². The topological polar surface area (TPSA) is 74.6 Å². The van der Waals surface area contributed by atoms with Crippen molar-refractivity contribution < 1.29 is 19.8 Å². The van der Waals surface area contributed by atoms with E-state index in [1.54, 1.807) is 0 Å². The molecule has 0 atom stereocenters. The quantitative estimate of drug-likeness (QED) is 0.179. The molecule has 2 N–H and O–H groups in total. The lowest BCUT2D eigenvalue weighted by Crippen LogP contribution is -1.93. The van der Waals surface area contributed by atoms with Crippen LogP contribution in [0.4, 0.5) is 0 Å². The van der Waals surface area contributed by atoms with Crippen molar-refractivity contribution in [3.8, 4) is 22.3 Å². The zero-order valence-electron chi connectivity index (χ0n) is 19.9. The fourth-order valence-corrected chi connectivity index (χ4v) is 6.53. The summed E-state index contributed by atoms with van der Waals surface area (Å²) in [6.45, 7) is 0. The second-order valence-corrected chi connectivity index (χ2v) is 11.6. The Labute approximate surface area is 256 Å². The molecule has 4 nitrogen and oxygen atoms in total. The van der Waals surface area contributed by atoms with Crippen LogP contribution in [-0.2, 0) is 9.59 Å². The Hall–Kier alpha value is -2.81. The Balaban J connectivity index is 1.88. The average molecular weight is 705 g/mol. The standard InChI is InChI=1S/C30H18Br2Cl2O4S/c31-21-7-3-1-5-19(21)27-17(11-15-25(35)36)9-13-23(29(27)33)39-24-14-10-18(12-16-26(37)38)28(30(24)34)20-6-2-4-8-22(20)32/h1-16H,(H,35,36)(H,37,38)/b15-11+,16-12+. The Morgan fingerprint density at radius 2 is 1.03 bits per heavy atom. The van der Waals surface area contributed by atoms with E-state index in [1.807, 2.05) is 72.8 Å². The highest BCUT2D eigenvalue weighted by molar-refractivity contribution is 9.11. The molecule has 0 aliphatic heterocycles. The van der Waals surface area contributed by atoms with Gasteiger partial charge in [0.1, 0.15) is 0 Å². The van der Waals surface area contributed by atoms with E-state index in [2.05, 4.69) is 31.9 Å². The molecule has 196 valence electrons. The van der Waals surface area contributed by atoms with Gasteiger partial charge in [-0.15, -0.1) is 0 Å².